The monoisotopic (exact) mass is 252 g/mol. The van der Waals surface area contributed by atoms with Gasteiger partial charge in [-0.05, 0) is 31.5 Å². The van der Waals surface area contributed by atoms with E-state index in [9.17, 15) is 9.18 Å². The number of ether oxygens (including phenoxy) is 1. The van der Waals surface area contributed by atoms with E-state index < -0.39 is 11.7 Å². The van der Waals surface area contributed by atoms with E-state index in [0.29, 0.717) is 12.5 Å². The molecular weight excluding hydrogens is 235 g/mol. The van der Waals surface area contributed by atoms with E-state index in [1.165, 1.54) is 12.1 Å². The van der Waals surface area contributed by atoms with Gasteiger partial charge in [0.1, 0.15) is 17.1 Å². The van der Waals surface area contributed by atoms with Crippen LogP contribution < -0.4 is 15.8 Å². The number of piperidine rings is 1. The van der Waals surface area contributed by atoms with Crippen molar-refractivity contribution in [1.82, 2.24) is 5.32 Å². The second kappa shape index (κ2) is 5.82. The SMILES string of the molecule is NC(=O)c1c(F)cccc1OCC1CCCNC1. The lowest BCUT2D eigenvalue weighted by Gasteiger charge is -2.23. The van der Waals surface area contributed by atoms with Crippen molar-refractivity contribution in [3.63, 3.8) is 0 Å². The van der Waals surface area contributed by atoms with Crippen molar-refractivity contribution in [1.29, 1.82) is 0 Å². The van der Waals surface area contributed by atoms with Crippen LogP contribution in [0.2, 0.25) is 0 Å². The standard InChI is InChI=1S/C13H17FN2O2/c14-10-4-1-5-11(12(10)13(15)17)18-8-9-3-2-6-16-7-9/h1,4-5,9,16H,2-3,6-8H2,(H2,15,17). The lowest BCUT2D eigenvalue weighted by molar-refractivity contribution is 0.0990. The molecule has 2 rings (SSSR count). The van der Waals surface area contributed by atoms with Gasteiger partial charge in [0.15, 0.2) is 0 Å². The van der Waals surface area contributed by atoms with Crippen LogP contribution >= 0.6 is 0 Å². The lowest BCUT2D eigenvalue weighted by Crippen LogP contribution is -2.33. The molecule has 1 saturated heterocycles. The van der Waals surface area contributed by atoms with E-state index >= 15 is 0 Å². The molecule has 1 heterocycles. The molecule has 4 nitrogen and oxygen atoms in total. The third kappa shape index (κ3) is 2.98. The minimum absolute atomic E-state index is 0.165. The van der Waals surface area contributed by atoms with Gasteiger partial charge in [-0.2, -0.15) is 0 Å². The molecule has 0 bridgehead atoms. The molecule has 98 valence electrons. The number of hydrogen-bond acceptors (Lipinski definition) is 3. The molecule has 1 aliphatic heterocycles. The average Bonchev–Trinajstić information content (AvgIpc) is 2.37. The van der Waals surface area contributed by atoms with Gasteiger partial charge in [0.05, 0.1) is 6.61 Å². The Hall–Kier alpha value is -1.62. The first kappa shape index (κ1) is 12.8. The van der Waals surface area contributed by atoms with Crippen LogP contribution in [0.3, 0.4) is 0 Å². The van der Waals surface area contributed by atoms with E-state index in [1.54, 1.807) is 6.07 Å². The van der Waals surface area contributed by atoms with Gasteiger partial charge in [-0.3, -0.25) is 4.79 Å². The number of carbonyl (C=O) groups is 1. The van der Waals surface area contributed by atoms with Crippen LogP contribution in [0.5, 0.6) is 5.75 Å². The summed E-state index contributed by atoms with van der Waals surface area (Å²) in [6.45, 7) is 2.39. The fourth-order valence-corrected chi connectivity index (χ4v) is 2.14. The number of primary amides is 1. The Morgan fingerprint density at radius 1 is 1.56 bits per heavy atom. The molecule has 1 atom stereocenters. The van der Waals surface area contributed by atoms with Gasteiger partial charge in [-0.15, -0.1) is 0 Å². The van der Waals surface area contributed by atoms with Crippen LogP contribution in [0.15, 0.2) is 18.2 Å². The Labute approximate surface area is 105 Å². The minimum Gasteiger partial charge on any atom is -0.492 e. The van der Waals surface area contributed by atoms with Crippen molar-refractivity contribution in [2.75, 3.05) is 19.7 Å². The van der Waals surface area contributed by atoms with Gasteiger partial charge < -0.3 is 15.8 Å². The number of carbonyl (C=O) groups excluding carboxylic acids is 1. The van der Waals surface area contributed by atoms with Crippen LogP contribution in [0.4, 0.5) is 4.39 Å². The van der Waals surface area contributed by atoms with E-state index in [-0.39, 0.29) is 11.3 Å². The highest BCUT2D eigenvalue weighted by atomic mass is 19.1. The van der Waals surface area contributed by atoms with Crippen LogP contribution in [0, 0.1) is 11.7 Å². The lowest BCUT2D eigenvalue weighted by atomic mass is 10.0. The molecule has 0 radical (unpaired) electrons. The molecule has 1 amide bonds. The second-order valence-corrected chi connectivity index (χ2v) is 4.50. The van der Waals surface area contributed by atoms with Crippen LogP contribution in [0.25, 0.3) is 0 Å². The average molecular weight is 252 g/mol. The maximum Gasteiger partial charge on any atom is 0.255 e. The Balaban J connectivity index is 2.04. The van der Waals surface area contributed by atoms with E-state index in [1.807, 2.05) is 0 Å². The fraction of sp³-hybridized carbons (Fsp3) is 0.462. The van der Waals surface area contributed by atoms with Crippen LogP contribution in [-0.2, 0) is 0 Å². The number of hydrogen-bond donors (Lipinski definition) is 2. The zero-order valence-corrected chi connectivity index (χ0v) is 10.1. The second-order valence-electron chi connectivity index (χ2n) is 4.50. The molecule has 1 aromatic rings. The summed E-state index contributed by atoms with van der Waals surface area (Å²) < 4.78 is 19.0. The number of amides is 1. The molecule has 1 unspecified atom stereocenters. The number of benzene rings is 1. The molecule has 18 heavy (non-hydrogen) atoms. The molecule has 0 aliphatic carbocycles. The van der Waals surface area contributed by atoms with Gasteiger partial charge in [-0.1, -0.05) is 6.07 Å². The zero-order chi connectivity index (χ0) is 13.0. The summed E-state index contributed by atoms with van der Waals surface area (Å²) in [5.41, 5.74) is 4.99. The van der Waals surface area contributed by atoms with Crippen molar-refractivity contribution >= 4 is 5.91 Å². The predicted molar refractivity (Wildman–Crippen MR) is 66.0 cm³/mol. The smallest absolute Gasteiger partial charge is 0.255 e. The quantitative estimate of drug-likeness (QED) is 0.849. The maximum atomic E-state index is 13.5. The Bertz CT molecular complexity index is 431. The molecule has 3 N–H and O–H groups in total. The van der Waals surface area contributed by atoms with Crippen molar-refractivity contribution < 1.29 is 13.9 Å². The minimum atomic E-state index is -0.801. The number of halogens is 1. The summed E-state index contributed by atoms with van der Waals surface area (Å²) in [4.78, 5) is 11.2. The molecule has 0 aromatic heterocycles. The van der Waals surface area contributed by atoms with Crippen molar-refractivity contribution in [3.05, 3.63) is 29.6 Å². The number of nitrogens with one attached hydrogen (secondary N) is 1. The topological polar surface area (TPSA) is 64.4 Å². The third-order valence-corrected chi connectivity index (χ3v) is 3.10. The highest BCUT2D eigenvalue weighted by molar-refractivity contribution is 5.95. The molecule has 1 fully saturated rings. The molecule has 1 aliphatic rings. The van der Waals surface area contributed by atoms with Crippen molar-refractivity contribution in [3.8, 4) is 5.75 Å². The number of nitrogens with two attached hydrogens (primary N) is 1. The summed E-state index contributed by atoms with van der Waals surface area (Å²) in [6, 6.07) is 4.28. The van der Waals surface area contributed by atoms with Gasteiger partial charge in [0, 0.05) is 12.5 Å². The highest BCUT2D eigenvalue weighted by Gasteiger charge is 2.18. The summed E-state index contributed by atoms with van der Waals surface area (Å²) in [5, 5.41) is 3.27. The highest BCUT2D eigenvalue weighted by Crippen LogP contribution is 2.22. The van der Waals surface area contributed by atoms with Gasteiger partial charge in [0.25, 0.3) is 5.91 Å². The van der Waals surface area contributed by atoms with E-state index in [0.717, 1.165) is 25.9 Å². The van der Waals surface area contributed by atoms with Crippen LogP contribution in [-0.4, -0.2) is 25.6 Å². The summed E-state index contributed by atoms with van der Waals surface area (Å²) in [7, 11) is 0. The van der Waals surface area contributed by atoms with E-state index in [4.69, 9.17) is 10.5 Å². The summed E-state index contributed by atoms with van der Waals surface area (Å²) >= 11 is 0. The first-order chi connectivity index (χ1) is 8.68. The van der Waals surface area contributed by atoms with Crippen LogP contribution in [0.1, 0.15) is 23.2 Å². The first-order valence-corrected chi connectivity index (χ1v) is 6.10. The summed E-state index contributed by atoms with van der Waals surface area (Å²) in [5.74, 6) is -0.817. The number of rotatable bonds is 4. The third-order valence-electron chi connectivity index (χ3n) is 3.10. The maximum absolute atomic E-state index is 13.5. The van der Waals surface area contributed by atoms with Gasteiger partial charge >= 0.3 is 0 Å². The molecule has 0 spiro atoms. The first-order valence-electron chi connectivity index (χ1n) is 6.10. The largest absolute Gasteiger partial charge is 0.492 e. The molecule has 0 saturated carbocycles. The Morgan fingerprint density at radius 2 is 2.39 bits per heavy atom. The fourth-order valence-electron chi connectivity index (χ4n) is 2.14. The van der Waals surface area contributed by atoms with Crippen molar-refractivity contribution in [2.24, 2.45) is 11.7 Å². The molecule has 5 heteroatoms. The Kier molecular flexibility index (Phi) is 4.15. The van der Waals surface area contributed by atoms with Gasteiger partial charge in [-0.25, -0.2) is 4.39 Å². The van der Waals surface area contributed by atoms with Gasteiger partial charge in [0.2, 0.25) is 0 Å². The van der Waals surface area contributed by atoms with Crippen molar-refractivity contribution in [2.45, 2.75) is 12.8 Å². The Morgan fingerprint density at radius 3 is 3.06 bits per heavy atom. The predicted octanol–water partition coefficient (Wildman–Crippen LogP) is 1.30. The summed E-state index contributed by atoms with van der Waals surface area (Å²) in [6.07, 6.45) is 2.19. The normalized spacial score (nSPS) is 19.5. The van der Waals surface area contributed by atoms with E-state index in [2.05, 4.69) is 5.32 Å². The zero-order valence-electron chi connectivity index (χ0n) is 10.1. The molecular formula is C13H17FN2O2. The molecule has 1 aromatic carbocycles.